The van der Waals surface area contributed by atoms with Crippen molar-refractivity contribution < 1.29 is 9.90 Å². The third-order valence-electron chi connectivity index (χ3n) is 4.65. The van der Waals surface area contributed by atoms with Gasteiger partial charge in [0.2, 0.25) is 0 Å². The molecule has 2 heterocycles. The van der Waals surface area contributed by atoms with E-state index in [-0.39, 0.29) is 17.6 Å². The molecule has 1 fully saturated rings. The molecule has 1 aromatic heterocycles. The van der Waals surface area contributed by atoms with E-state index in [0.29, 0.717) is 31.7 Å². The fourth-order valence-corrected chi connectivity index (χ4v) is 3.12. The van der Waals surface area contributed by atoms with Gasteiger partial charge < -0.3 is 14.9 Å². The van der Waals surface area contributed by atoms with E-state index in [1.54, 1.807) is 23.1 Å². The van der Waals surface area contributed by atoms with Crippen LogP contribution in [0.5, 0.6) is 5.75 Å². The zero-order valence-corrected chi connectivity index (χ0v) is 15.9. The van der Waals surface area contributed by atoms with Gasteiger partial charge in [-0.25, -0.2) is 9.97 Å². The normalized spacial score (nSPS) is 14.8. The SMILES string of the molecule is Cc1ccc(O)c(C(=O)N2CCN(c3cc(C)nc(C(C)C)n3)CC2)c1. The van der Waals surface area contributed by atoms with Crippen molar-refractivity contribution in [2.45, 2.75) is 33.6 Å². The van der Waals surface area contributed by atoms with Crippen LogP contribution in [0.1, 0.15) is 47.2 Å². The quantitative estimate of drug-likeness (QED) is 0.918. The molecule has 1 aliphatic heterocycles. The molecule has 1 N–H and O–H groups in total. The molecule has 1 aliphatic rings. The number of hydrogen-bond acceptors (Lipinski definition) is 5. The maximum atomic E-state index is 12.7. The Morgan fingerprint density at radius 1 is 1.08 bits per heavy atom. The number of aromatic hydroxyl groups is 1. The van der Waals surface area contributed by atoms with Gasteiger partial charge in [0.05, 0.1) is 5.56 Å². The van der Waals surface area contributed by atoms with Gasteiger partial charge in [0.15, 0.2) is 0 Å². The highest BCUT2D eigenvalue weighted by atomic mass is 16.3. The molecule has 0 saturated carbocycles. The van der Waals surface area contributed by atoms with Gasteiger partial charge >= 0.3 is 0 Å². The van der Waals surface area contributed by atoms with E-state index in [4.69, 9.17) is 0 Å². The summed E-state index contributed by atoms with van der Waals surface area (Å²) in [6, 6.07) is 7.12. The number of carbonyl (C=O) groups excluding carboxylic acids is 1. The number of amides is 1. The van der Waals surface area contributed by atoms with Gasteiger partial charge in [-0.1, -0.05) is 25.5 Å². The second-order valence-corrected chi connectivity index (χ2v) is 7.18. The van der Waals surface area contributed by atoms with Crippen molar-refractivity contribution in [1.29, 1.82) is 0 Å². The maximum absolute atomic E-state index is 12.7. The highest BCUT2D eigenvalue weighted by molar-refractivity contribution is 5.97. The summed E-state index contributed by atoms with van der Waals surface area (Å²) in [5.74, 6) is 1.97. The number of aromatic nitrogens is 2. The van der Waals surface area contributed by atoms with E-state index >= 15 is 0 Å². The van der Waals surface area contributed by atoms with Gasteiger partial charge in [0.25, 0.3) is 5.91 Å². The van der Waals surface area contributed by atoms with Crippen LogP contribution < -0.4 is 4.90 Å². The van der Waals surface area contributed by atoms with Crippen molar-refractivity contribution >= 4 is 11.7 Å². The van der Waals surface area contributed by atoms with Crippen LogP contribution in [0.15, 0.2) is 24.3 Å². The fourth-order valence-electron chi connectivity index (χ4n) is 3.12. The fraction of sp³-hybridized carbons (Fsp3) is 0.450. The Hall–Kier alpha value is -2.63. The van der Waals surface area contributed by atoms with E-state index in [2.05, 4.69) is 28.7 Å². The van der Waals surface area contributed by atoms with Crippen LogP contribution in [0.25, 0.3) is 0 Å². The number of rotatable bonds is 3. The van der Waals surface area contributed by atoms with Crippen LogP contribution in [-0.2, 0) is 0 Å². The third-order valence-corrected chi connectivity index (χ3v) is 4.65. The van der Waals surface area contributed by atoms with Crippen molar-refractivity contribution in [2.24, 2.45) is 0 Å². The van der Waals surface area contributed by atoms with Gasteiger partial charge in [-0.15, -0.1) is 0 Å². The smallest absolute Gasteiger partial charge is 0.257 e. The van der Waals surface area contributed by atoms with Crippen LogP contribution in [0.3, 0.4) is 0 Å². The number of anilines is 1. The topological polar surface area (TPSA) is 69.6 Å². The first-order chi connectivity index (χ1) is 12.3. The van der Waals surface area contributed by atoms with Gasteiger partial charge in [0, 0.05) is 43.9 Å². The van der Waals surface area contributed by atoms with Gasteiger partial charge in [-0.05, 0) is 26.0 Å². The summed E-state index contributed by atoms with van der Waals surface area (Å²) >= 11 is 0. The van der Waals surface area contributed by atoms with Crippen molar-refractivity contribution in [2.75, 3.05) is 31.1 Å². The number of hydrogen-bond donors (Lipinski definition) is 1. The van der Waals surface area contributed by atoms with Crippen LogP contribution >= 0.6 is 0 Å². The molecule has 0 bridgehead atoms. The Bertz CT molecular complexity index is 811. The second kappa shape index (κ2) is 7.32. The molecule has 0 spiro atoms. The minimum atomic E-state index is -0.118. The average Bonchev–Trinajstić information content (AvgIpc) is 2.62. The van der Waals surface area contributed by atoms with Gasteiger partial charge in [-0.3, -0.25) is 4.79 Å². The lowest BCUT2D eigenvalue weighted by Gasteiger charge is -2.35. The number of phenols is 1. The number of benzene rings is 1. The summed E-state index contributed by atoms with van der Waals surface area (Å²) < 4.78 is 0. The van der Waals surface area contributed by atoms with Crippen LogP contribution in [-0.4, -0.2) is 52.1 Å². The third kappa shape index (κ3) is 3.79. The molecule has 3 rings (SSSR count). The Morgan fingerprint density at radius 3 is 2.42 bits per heavy atom. The Morgan fingerprint density at radius 2 is 1.77 bits per heavy atom. The lowest BCUT2D eigenvalue weighted by Crippen LogP contribution is -2.49. The zero-order chi connectivity index (χ0) is 18.8. The molecule has 2 aromatic rings. The summed E-state index contributed by atoms with van der Waals surface area (Å²) in [6.45, 7) is 10.7. The molecule has 26 heavy (non-hydrogen) atoms. The van der Waals surface area contributed by atoms with Crippen LogP contribution in [0, 0.1) is 13.8 Å². The zero-order valence-electron chi connectivity index (χ0n) is 15.9. The summed E-state index contributed by atoms with van der Waals surface area (Å²) in [6.07, 6.45) is 0. The first-order valence-corrected chi connectivity index (χ1v) is 9.04. The van der Waals surface area contributed by atoms with Crippen molar-refractivity contribution in [1.82, 2.24) is 14.9 Å². The minimum Gasteiger partial charge on any atom is -0.507 e. The van der Waals surface area contributed by atoms with Gasteiger partial charge in [-0.2, -0.15) is 0 Å². The van der Waals surface area contributed by atoms with Crippen molar-refractivity contribution in [3.63, 3.8) is 0 Å². The highest BCUT2D eigenvalue weighted by Gasteiger charge is 2.25. The number of carbonyl (C=O) groups is 1. The molecule has 1 saturated heterocycles. The van der Waals surface area contributed by atoms with E-state index < -0.39 is 0 Å². The van der Waals surface area contributed by atoms with Crippen molar-refractivity contribution in [3.8, 4) is 5.75 Å². The molecular formula is C20H26N4O2. The molecule has 138 valence electrons. The molecule has 6 nitrogen and oxygen atoms in total. The first kappa shape index (κ1) is 18.2. The lowest BCUT2D eigenvalue weighted by molar-refractivity contribution is 0.0743. The van der Waals surface area contributed by atoms with E-state index in [0.717, 1.165) is 22.9 Å². The minimum absolute atomic E-state index is 0.0380. The predicted octanol–water partition coefficient (Wildman–Crippen LogP) is 2.88. The Kier molecular flexibility index (Phi) is 5.11. The summed E-state index contributed by atoms with van der Waals surface area (Å²) in [4.78, 5) is 25.9. The molecule has 1 aromatic carbocycles. The molecular weight excluding hydrogens is 328 g/mol. The molecule has 1 amide bonds. The summed E-state index contributed by atoms with van der Waals surface area (Å²) in [7, 11) is 0. The standard InChI is InChI=1S/C20H26N4O2/c1-13(2)19-21-15(4)12-18(22-19)23-7-9-24(10-8-23)20(26)16-11-14(3)5-6-17(16)25/h5-6,11-13,25H,7-10H2,1-4H3. The Labute approximate surface area is 154 Å². The average molecular weight is 354 g/mol. The predicted molar refractivity (Wildman–Crippen MR) is 102 cm³/mol. The summed E-state index contributed by atoms with van der Waals surface area (Å²) in [5.41, 5.74) is 2.29. The summed E-state index contributed by atoms with van der Waals surface area (Å²) in [5, 5.41) is 10.0. The molecule has 0 atom stereocenters. The number of nitrogens with zero attached hydrogens (tertiary/aromatic N) is 4. The monoisotopic (exact) mass is 354 g/mol. The van der Waals surface area contributed by atoms with E-state index in [9.17, 15) is 9.90 Å². The highest BCUT2D eigenvalue weighted by Crippen LogP contribution is 2.22. The lowest BCUT2D eigenvalue weighted by atomic mass is 10.1. The molecule has 0 aliphatic carbocycles. The molecule has 0 radical (unpaired) electrons. The first-order valence-electron chi connectivity index (χ1n) is 9.04. The number of phenolic OH excluding ortho intramolecular Hbond substituents is 1. The molecule has 6 heteroatoms. The molecule has 0 unspecified atom stereocenters. The van der Waals surface area contributed by atoms with Gasteiger partial charge in [0.1, 0.15) is 17.4 Å². The second-order valence-electron chi connectivity index (χ2n) is 7.18. The Balaban J connectivity index is 1.71. The largest absolute Gasteiger partial charge is 0.507 e. The maximum Gasteiger partial charge on any atom is 0.257 e. The van der Waals surface area contributed by atoms with E-state index in [1.807, 2.05) is 19.9 Å². The number of aryl methyl sites for hydroxylation is 2. The van der Waals surface area contributed by atoms with E-state index in [1.165, 1.54) is 0 Å². The van der Waals surface area contributed by atoms with Crippen molar-refractivity contribution in [3.05, 3.63) is 46.9 Å². The van der Waals surface area contributed by atoms with Crippen LogP contribution in [0.2, 0.25) is 0 Å². The number of piperazine rings is 1. The van der Waals surface area contributed by atoms with Crippen LogP contribution in [0.4, 0.5) is 5.82 Å².